The Morgan fingerprint density at radius 2 is 1.90 bits per heavy atom. The van der Waals surface area contributed by atoms with Gasteiger partial charge in [-0.3, -0.25) is 4.79 Å². The lowest BCUT2D eigenvalue weighted by atomic mass is 10.0. The lowest BCUT2D eigenvalue weighted by Gasteiger charge is -2.28. The van der Waals surface area contributed by atoms with Gasteiger partial charge in [0.2, 0.25) is 5.95 Å². The fourth-order valence-electron chi connectivity index (χ4n) is 5.02. The van der Waals surface area contributed by atoms with Crippen molar-refractivity contribution in [1.29, 1.82) is 0 Å². The number of morpholine rings is 1. The number of fused-ring (bicyclic) bond motifs is 1. The smallest absolute Gasteiger partial charge is 0.270 e. The molecule has 0 radical (unpaired) electrons. The fourth-order valence-corrected chi connectivity index (χ4v) is 5.52. The second-order valence-electron chi connectivity index (χ2n) is 9.75. The average molecular weight is 589 g/mol. The third-order valence-electron chi connectivity index (χ3n) is 7.12. The second-order valence-corrected chi connectivity index (χ2v) is 10.6. The highest BCUT2D eigenvalue weighted by Gasteiger charge is 2.21. The van der Waals surface area contributed by atoms with E-state index in [-0.39, 0.29) is 11.9 Å². The van der Waals surface area contributed by atoms with Crippen molar-refractivity contribution in [2.45, 2.75) is 18.9 Å². The number of benzene rings is 2. The monoisotopic (exact) mass is 587 g/mol. The minimum Gasteiger partial charge on any atom is -0.378 e. The van der Waals surface area contributed by atoms with Gasteiger partial charge in [0.15, 0.2) is 5.65 Å². The van der Waals surface area contributed by atoms with Crippen LogP contribution in [0.5, 0.6) is 0 Å². The Bertz CT molecular complexity index is 1470. The lowest BCUT2D eigenvalue weighted by Crippen LogP contribution is -2.37. The number of carbonyl (C=O) groups is 1. The molecule has 2 aliphatic rings. The summed E-state index contributed by atoms with van der Waals surface area (Å²) in [5, 5.41) is 10.5. The van der Waals surface area contributed by atoms with E-state index in [0.717, 1.165) is 78.1 Å². The standard InChI is InChI=1S/C29H30BrN7O2/c30-25-6-2-1-5-23(25)24-16-19-17-33-29(34-20-7-9-22(10-8-20)37-12-14-39-15-13-37)36-27(19)35-26(24)28(38)32-18-21-4-3-11-31-21/h1-2,5-10,16-17,21,31H,3-4,11-15,18H2,(H,32,38)(H,33,34,35,36)/t21-/m1/s1. The van der Waals surface area contributed by atoms with Crippen LogP contribution in [0.3, 0.4) is 0 Å². The molecule has 6 rings (SSSR count). The first kappa shape index (κ1) is 25.7. The van der Waals surface area contributed by atoms with Crippen LogP contribution in [0.15, 0.2) is 65.3 Å². The van der Waals surface area contributed by atoms with E-state index in [4.69, 9.17) is 9.72 Å². The number of nitrogens with one attached hydrogen (secondary N) is 3. The second kappa shape index (κ2) is 11.6. The molecule has 4 aromatic rings. The number of hydrogen-bond acceptors (Lipinski definition) is 8. The number of pyridine rings is 1. The molecule has 10 heteroatoms. The van der Waals surface area contributed by atoms with Crippen molar-refractivity contribution in [2.75, 3.05) is 49.6 Å². The summed E-state index contributed by atoms with van der Waals surface area (Å²) in [4.78, 5) is 29.6. The molecule has 0 bridgehead atoms. The zero-order chi connectivity index (χ0) is 26.6. The van der Waals surface area contributed by atoms with Crippen molar-refractivity contribution in [3.05, 3.63) is 71.0 Å². The number of aromatic nitrogens is 3. The lowest BCUT2D eigenvalue weighted by molar-refractivity contribution is 0.0946. The summed E-state index contributed by atoms with van der Waals surface area (Å²) in [7, 11) is 0. The van der Waals surface area contributed by atoms with Gasteiger partial charge in [0.1, 0.15) is 5.69 Å². The Labute approximate surface area is 235 Å². The molecule has 0 unspecified atom stereocenters. The van der Waals surface area contributed by atoms with Gasteiger partial charge in [0.25, 0.3) is 5.91 Å². The Morgan fingerprint density at radius 1 is 1.08 bits per heavy atom. The van der Waals surface area contributed by atoms with E-state index in [1.165, 1.54) is 0 Å². The summed E-state index contributed by atoms with van der Waals surface area (Å²) in [6.45, 7) is 4.82. The highest BCUT2D eigenvalue weighted by atomic mass is 79.9. The third-order valence-corrected chi connectivity index (χ3v) is 7.81. The van der Waals surface area contributed by atoms with Gasteiger partial charge in [-0.2, -0.15) is 4.98 Å². The molecule has 1 amide bonds. The van der Waals surface area contributed by atoms with Crippen LogP contribution in [0.1, 0.15) is 23.3 Å². The maximum absolute atomic E-state index is 13.4. The predicted octanol–water partition coefficient (Wildman–Crippen LogP) is 4.52. The summed E-state index contributed by atoms with van der Waals surface area (Å²) in [5.74, 6) is 0.201. The van der Waals surface area contributed by atoms with Crippen LogP contribution in [-0.2, 0) is 4.74 Å². The Balaban J connectivity index is 1.28. The summed E-state index contributed by atoms with van der Waals surface area (Å²) >= 11 is 3.63. The first-order valence-electron chi connectivity index (χ1n) is 13.3. The van der Waals surface area contributed by atoms with Crippen molar-refractivity contribution in [1.82, 2.24) is 25.6 Å². The van der Waals surface area contributed by atoms with Crippen molar-refractivity contribution in [3.63, 3.8) is 0 Å². The van der Waals surface area contributed by atoms with Crippen molar-refractivity contribution < 1.29 is 9.53 Å². The maximum Gasteiger partial charge on any atom is 0.270 e. The van der Waals surface area contributed by atoms with Crippen molar-refractivity contribution in [2.24, 2.45) is 0 Å². The van der Waals surface area contributed by atoms with Crippen LogP contribution < -0.4 is 20.9 Å². The van der Waals surface area contributed by atoms with Gasteiger partial charge < -0.3 is 25.6 Å². The molecule has 2 saturated heterocycles. The van der Waals surface area contributed by atoms with E-state index in [0.29, 0.717) is 23.8 Å². The van der Waals surface area contributed by atoms with E-state index in [2.05, 4.69) is 58.9 Å². The summed E-state index contributed by atoms with van der Waals surface area (Å²) in [6.07, 6.45) is 3.92. The number of nitrogens with zero attached hydrogens (tertiary/aromatic N) is 4. The van der Waals surface area contributed by atoms with Crippen LogP contribution in [0.4, 0.5) is 17.3 Å². The Kier molecular flexibility index (Phi) is 7.67. The Hall–Kier alpha value is -3.60. The molecule has 0 spiro atoms. The molecule has 9 nitrogen and oxygen atoms in total. The van der Waals surface area contributed by atoms with Gasteiger partial charge in [-0.05, 0) is 61.3 Å². The highest BCUT2D eigenvalue weighted by molar-refractivity contribution is 9.10. The van der Waals surface area contributed by atoms with E-state index in [1.807, 2.05) is 42.5 Å². The van der Waals surface area contributed by atoms with Crippen LogP contribution in [0.2, 0.25) is 0 Å². The fraction of sp³-hybridized carbons (Fsp3) is 0.310. The van der Waals surface area contributed by atoms with Crippen molar-refractivity contribution in [3.8, 4) is 11.1 Å². The molecule has 4 heterocycles. The van der Waals surface area contributed by atoms with Crippen LogP contribution in [0, 0.1) is 0 Å². The van der Waals surface area contributed by atoms with Gasteiger partial charge in [-0.15, -0.1) is 0 Å². The topological polar surface area (TPSA) is 104 Å². The number of hydrogen-bond donors (Lipinski definition) is 3. The van der Waals surface area contributed by atoms with Gasteiger partial charge in [0, 0.05) is 58.7 Å². The molecular formula is C29H30BrN7O2. The maximum atomic E-state index is 13.4. The number of halogens is 1. The summed E-state index contributed by atoms with van der Waals surface area (Å²) in [6, 6.07) is 18.2. The molecule has 200 valence electrons. The van der Waals surface area contributed by atoms with Crippen LogP contribution in [-0.4, -0.2) is 66.3 Å². The SMILES string of the molecule is O=C(NC[C@H]1CCCN1)c1nc2nc(Nc3ccc(N4CCOCC4)cc3)ncc2cc1-c1ccccc1Br. The number of rotatable bonds is 7. The number of anilines is 3. The summed E-state index contributed by atoms with van der Waals surface area (Å²) in [5.41, 5.74) is 4.45. The molecule has 3 N–H and O–H groups in total. The zero-order valence-electron chi connectivity index (χ0n) is 21.5. The van der Waals surface area contributed by atoms with Crippen LogP contribution in [0.25, 0.3) is 22.2 Å². The van der Waals surface area contributed by atoms with Crippen LogP contribution >= 0.6 is 15.9 Å². The average Bonchev–Trinajstić information content (AvgIpc) is 3.50. The molecule has 1 atom stereocenters. The Morgan fingerprint density at radius 3 is 2.67 bits per heavy atom. The molecule has 39 heavy (non-hydrogen) atoms. The van der Waals surface area contributed by atoms with Gasteiger partial charge >= 0.3 is 0 Å². The van der Waals surface area contributed by atoms with Crippen molar-refractivity contribution >= 4 is 50.2 Å². The predicted molar refractivity (Wildman–Crippen MR) is 157 cm³/mol. The molecule has 2 fully saturated rings. The number of carbonyl (C=O) groups excluding carboxylic acids is 1. The quantitative estimate of drug-likeness (QED) is 0.290. The first-order chi connectivity index (χ1) is 19.1. The number of ether oxygens (including phenoxy) is 1. The van der Waals surface area contributed by atoms with Gasteiger partial charge in [-0.1, -0.05) is 34.1 Å². The van der Waals surface area contributed by atoms with Gasteiger partial charge in [0.05, 0.1) is 13.2 Å². The van der Waals surface area contributed by atoms with E-state index in [9.17, 15) is 4.79 Å². The zero-order valence-corrected chi connectivity index (χ0v) is 23.1. The number of amides is 1. The first-order valence-corrected chi connectivity index (χ1v) is 14.1. The molecule has 2 aromatic heterocycles. The normalized spacial score (nSPS) is 17.4. The minimum atomic E-state index is -0.219. The largest absolute Gasteiger partial charge is 0.378 e. The third kappa shape index (κ3) is 5.88. The minimum absolute atomic E-state index is 0.219. The van der Waals surface area contributed by atoms with E-state index >= 15 is 0 Å². The highest BCUT2D eigenvalue weighted by Crippen LogP contribution is 2.32. The molecule has 0 saturated carbocycles. The molecule has 2 aliphatic heterocycles. The molecule has 2 aromatic carbocycles. The van der Waals surface area contributed by atoms with E-state index < -0.39 is 0 Å². The summed E-state index contributed by atoms with van der Waals surface area (Å²) < 4.78 is 6.34. The molecule has 0 aliphatic carbocycles. The van der Waals surface area contributed by atoms with Gasteiger partial charge in [-0.25, -0.2) is 9.97 Å². The molecular weight excluding hydrogens is 558 g/mol. The van der Waals surface area contributed by atoms with E-state index in [1.54, 1.807) is 6.20 Å².